The van der Waals surface area contributed by atoms with Crippen LogP contribution in [0.25, 0.3) is 11.2 Å². The summed E-state index contributed by atoms with van der Waals surface area (Å²) in [5.41, 5.74) is 1.55. The number of aromatic nitrogens is 4. The minimum absolute atomic E-state index is 0.496. The predicted octanol–water partition coefficient (Wildman–Crippen LogP) is 4.89. The molecule has 0 atom stereocenters. The van der Waals surface area contributed by atoms with Crippen molar-refractivity contribution >= 4 is 47.9 Å². The monoisotopic (exact) mass is 456 g/mol. The number of nitrogens with zero attached hydrogens (tertiary/aromatic N) is 4. The van der Waals surface area contributed by atoms with E-state index in [1.165, 1.54) is 61.9 Å². The molecule has 0 spiro atoms. The average Bonchev–Trinajstić information content (AvgIpc) is 2.97. The van der Waals surface area contributed by atoms with Gasteiger partial charge in [-0.2, -0.15) is 0 Å². The summed E-state index contributed by atoms with van der Waals surface area (Å²) in [6.07, 6.45) is 15.3. The van der Waals surface area contributed by atoms with Crippen LogP contribution in [0.4, 0.5) is 0 Å². The van der Waals surface area contributed by atoms with Gasteiger partial charge < -0.3 is 0 Å². The molecule has 2 radical (unpaired) electrons. The summed E-state index contributed by atoms with van der Waals surface area (Å²) < 4.78 is 3.07. The van der Waals surface area contributed by atoms with Crippen molar-refractivity contribution in [3.05, 3.63) is 12.5 Å². The molecule has 2 heterocycles. The first-order valence-electron chi connectivity index (χ1n) is 9.28. The Kier molecular flexibility index (Phi) is 8.27. The molecule has 0 aliphatic heterocycles. The zero-order valence-electron chi connectivity index (χ0n) is 15.2. The molecular formula is C18H29ClN4Sn. The van der Waals surface area contributed by atoms with E-state index in [1.807, 2.05) is 6.20 Å². The molecule has 2 aromatic heterocycles. The van der Waals surface area contributed by atoms with E-state index < -0.39 is 21.1 Å². The summed E-state index contributed by atoms with van der Waals surface area (Å²) in [5.74, 6) is 0. The quantitative estimate of drug-likeness (QED) is 0.453. The third-order valence-electron chi connectivity index (χ3n) is 4.65. The molecular weight excluding hydrogens is 426 g/mol. The molecule has 0 aromatic carbocycles. The van der Waals surface area contributed by atoms with Gasteiger partial charge in [-0.25, -0.2) is 0 Å². The van der Waals surface area contributed by atoms with Gasteiger partial charge in [0.1, 0.15) is 0 Å². The molecule has 0 saturated carbocycles. The van der Waals surface area contributed by atoms with Gasteiger partial charge in [0.05, 0.1) is 0 Å². The van der Waals surface area contributed by atoms with E-state index in [0.717, 1.165) is 15.0 Å². The van der Waals surface area contributed by atoms with E-state index in [-0.39, 0.29) is 0 Å². The molecule has 24 heavy (non-hydrogen) atoms. The van der Waals surface area contributed by atoms with Gasteiger partial charge in [0.25, 0.3) is 0 Å². The average molecular weight is 456 g/mol. The maximum absolute atomic E-state index is 6.15. The van der Waals surface area contributed by atoms with Crippen molar-refractivity contribution in [3.63, 3.8) is 0 Å². The number of halogens is 1. The van der Waals surface area contributed by atoms with Gasteiger partial charge in [-0.1, -0.05) is 0 Å². The van der Waals surface area contributed by atoms with Gasteiger partial charge >= 0.3 is 161 Å². The number of imidazole rings is 1. The summed E-state index contributed by atoms with van der Waals surface area (Å²) in [5, 5.41) is 0. The molecule has 0 bridgehead atoms. The Labute approximate surface area is 161 Å². The van der Waals surface area contributed by atoms with Gasteiger partial charge in [0, 0.05) is 0 Å². The van der Waals surface area contributed by atoms with Crippen LogP contribution in [0.1, 0.15) is 78.6 Å². The van der Waals surface area contributed by atoms with Crippen LogP contribution in [0.5, 0.6) is 0 Å². The first-order valence-corrected chi connectivity index (χ1v) is 12.5. The molecule has 0 aliphatic carbocycles. The first kappa shape index (κ1) is 20.0. The van der Waals surface area contributed by atoms with Crippen molar-refractivity contribution in [2.75, 3.05) is 0 Å². The number of hydrogen-bond donors (Lipinski definition) is 0. The van der Waals surface area contributed by atoms with Crippen molar-refractivity contribution in [2.45, 2.75) is 82.0 Å². The summed E-state index contributed by atoms with van der Waals surface area (Å²) in [4.78, 5) is 13.7. The normalized spacial score (nSPS) is 12.2. The summed E-state index contributed by atoms with van der Waals surface area (Å²) in [7, 11) is 0. The van der Waals surface area contributed by atoms with Crippen molar-refractivity contribution in [1.29, 1.82) is 0 Å². The minimum atomic E-state index is -0.910. The summed E-state index contributed by atoms with van der Waals surface area (Å²) in [6.45, 7) is 6.89. The van der Waals surface area contributed by atoms with Crippen molar-refractivity contribution in [2.24, 2.45) is 0 Å². The van der Waals surface area contributed by atoms with E-state index in [0.29, 0.717) is 3.43 Å². The Morgan fingerprint density at radius 2 is 1.58 bits per heavy atom. The van der Waals surface area contributed by atoms with E-state index in [1.54, 1.807) is 6.33 Å². The van der Waals surface area contributed by atoms with E-state index in [9.17, 15) is 0 Å². The van der Waals surface area contributed by atoms with Gasteiger partial charge in [-0.05, 0) is 0 Å². The second kappa shape index (κ2) is 9.95. The molecule has 0 amide bonds. The van der Waals surface area contributed by atoms with Gasteiger partial charge in [0.15, 0.2) is 0 Å². The van der Waals surface area contributed by atoms with E-state index in [4.69, 9.17) is 16.8 Å². The van der Waals surface area contributed by atoms with Crippen LogP contribution in [-0.4, -0.2) is 40.2 Å². The van der Waals surface area contributed by atoms with Crippen LogP contribution in [0.3, 0.4) is 0 Å². The Morgan fingerprint density at radius 3 is 2.12 bits per heavy atom. The Hall–Kier alpha value is -0.361. The fourth-order valence-corrected chi connectivity index (χ4v) is 8.12. The molecule has 0 N–H and O–H groups in total. The zero-order valence-corrected chi connectivity index (χ0v) is 18.8. The van der Waals surface area contributed by atoms with E-state index in [2.05, 4.69) is 30.7 Å². The number of unbranched alkanes of at least 4 members (excludes halogenated alkanes) is 3. The standard InChI is InChI=1S/C13H27.C5H2ClN4.Sn/c1-4-7-10-13(11-8-5-2)12-9-6-3;6-10-3-9-4-1-7-2-8-5(4)10;/h4-12H2,1-3H3;1,3H;. The molecule has 2 aromatic rings. The van der Waals surface area contributed by atoms with Crippen molar-refractivity contribution < 1.29 is 0 Å². The van der Waals surface area contributed by atoms with Crippen LogP contribution in [0, 0.1) is 0 Å². The van der Waals surface area contributed by atoms with Gasteiger partial charge in [0.2, 0.25) is 0 Å². The fourth-order valence-electron chi connectivity index (χ4n) is 3.19. The second-order valence-corrected chi connectivity index (χ2v) is 12.1. The summed E-state index contributed by atoms with van der Waals surface area (Å²) >= 11 is 5.24. The number of hydrogen-bond acceptors (Lipinski definition) is 3. The maximum atomic E-state index is 6.15. The van der Waals surface area contributed by atoms with E-state index >= 15 is 0 Å². The van der Waals surface area contributed by atoms with Crippen LogP contribution in [0.2, 0.25) is 3.43 Å². The third kappa shape index (κ3) is 5.32. The molecule has 0 fully saturated rings. The van der Waals surface area contributed by atoms with Crippen LogP contribution >= 0.6 is 11.8 Å². The second-order valence-electron chi connectivity index (χ2n) is 6.67. The molecule has 6 heteroatoms. The number of rotatable bonds is 11. The predicted molar refractivity (Wildman–Crippen MR) is 103 cm³/mol. The van der Waals surface area contributed by atoms with Gasteiger partial charge in [-0.3, -0.25) is 0 Å². The molecule has 2 rings (SSSR count). The SMILES string of the molecule is CCCC[C](CCCC)(CCCC)[Sn][c]1ncc2ncn(Cl)c2n1. The van der Waals surface area contributed by atoms with Crippen LogP contribution in [-0.2, 0) is 0 Å². The molecule has 4 nitrogen and oxygen atoms in total. The number of fused-ring (bicyclic) bond motifs is 1. The Balaban J connectivity index is 2.26. The van der Waals surface area contributed by atoms with Crippen LogP contribution in [0.15, 0.2) is 12.5 Å². The molecule has 0 unspecified atom stereocenters. The fraction of sp³-hybridized carbons (Fsp3) is 0.722. The summed E-state index contributed by atoms with van der Waals surface area (Å²) in [6, 6.07) is 0. The zero-order chi connectivity index (χ0) is 17.4. The topological polar surface area (TPSA) is 43.6 Å². The molecule has 132 valence electrons. The first-order chi connectivity index (χ1) is 11.6. The van der Waals surface area contributed by atoms with Gasteiger partial charge in [-0.15, -0.1) is 0 Å². The molecule has 0 saturated heterocycles. The van der Waals surface area contributed by atoms with Crippen LogP contribution < -0.4 is 3.84 Å². The third-order valence-corrected chi connectivity index (χ3v) is 9.88. The van der Waals surface area contributed by atoms with Crippen molar-refractivity contribution in [3.8, 4) is 0 Å². The Bertz CT molecular complexity index is 607. The molecule has 0 aliphatic rings. The Morgan fingerprint density at radius 1 is 1.00 bits per heavy atom. The van der Waals surface area contributed by atoms with Crippen molar-refractivity contribution in [1.82, 2.24) is 19.0 Å².